The van der Waals surface area contributed by atoms with Crippen molar-refractivity contribution in [3.63, 3.8) is 0 Å². The summed E-state index contributed by atoms with van der Waals surface area (Å²) < 4.78 is 11.3. The summed E-state index contributed by atoms with van der Waals surface area (Å²) in [7, 11) is 1.64. The maximum Gasteiger partial charge on any atom is 0.257 e. The van der Waals surface area contributed by atoms with E-state index in [2.05, 4.69) is 17.0 Å². The standard InChI is InChI=1S/C25H30N2O3/c1-29-22-13-11-21(12-14-22)24-25(28)27(17-7-8-18-30-24)23(19-26-15-5-6-16-26)20-9-3-2-4-10-20/h2-4,7-14,23-24H,5-6,15-19H2,1H3/b8-7-/t23-,24?/m1/s1. The average Bonchev–Trinajstić information content (AvgIpc) is 3.30. The van der Waals surface area contributed by atoms with Crippen LogP contribution in [0.1, 0.15) is 36.1 Å². The first-order valence-electron chi connectivity index (χ1n) is 10.7. The molecule has 2 aromatic rings. The van der Waals surface area contributed by atoms with Gasteiger partial charge >= 0.3 is 0 Å². The Labute approximate surface area is 178 Å². The number of methoxy groups -OCH3 is 1. The minimum Gasteiger partial charge on any atom is -0.497 e. The zero-order valence-corrected chi connectivity index (χ0v) is 17.6. The number of nitrogens with zero attached hydrogens (tertiary/aromatic N) is 2. The Morgan fingerprint density at radius 1 is 1.03 bits per heavy atom. The molecule has 158 valence electrons. The number of hydrogen-bond acceptors (Lipinski definition) is 4. The van der Waals surface area contributed by atoms with E-state index in [-0.39, 0.29) is 11.9 Å². The summed E-state index contributed by atoms with van der Waals surface area (Å²) in [4.78, 5) is 18.2. The maximum absolute atomic E-state index is 13.8. The van der Waals surface area contributed by atoms with Gasteiger partial charge in [-0.2, -0.15) is 0 Å². The van der Waals surface area contributed by atoms with Gasteiger partial charge in [-0.25, -0.2) is 0 Å². The van der Waals surface area contributed by atoms with E-state index in [1.54, 1.807) is 7.11 Å². The smallest absolute Gasteiger partial charge is 0.257 e. The zero-order valence-electron chi connectivity index (χ0n) is 17.6. The van der Waals surface area contributed by atoms with Crippen LogP contribution in [0.2, 0.25) is 0 Å². The Balaban J connectivity index is 1.65. The molecule has 30 heavy (non-hydrogen) atoms. The molecular formula is C25H30N2O3. The number of carbonyl (C=O) groups excluding carboxylic acids is 1. The highest BCUT2D eigenvalue weighted by atomic mass is 16.5. The molecule has 1 amide bonds. The molecule has 0 N–H and O–H groups in total. The van der Waals surface area contributed by atoms with E-state index in [9.17, 15) is 4.79 Å². The summed E-state index contributed by atoms with van der Waals surface area (Å²) in [6, 6.07) is 18.0. The molecule has 0 saturated carbocycles. The van der Waals surface area contributed by atoms with Crippen LogP contribution < -0.4 is 4.74 Å². The molecule has 0 spiro atoms. The largest absolute Gasteiger partial charge is 0.497 e. The van der Waals surface area contributed by atoms with Gasteiger partial charge < -0.3 is 19.3 Å². The molecule has 4 rings (SSSR count). The molecule has 2 aromatic carbocycles. The molecule has 2 aliphatic heterocycles. The Bertz CT molecular complexity index is 844. The molecule has 0 aliphatic carbocycles. The van der Waals surface area contributed by atoms with Crippen molar-refractivity contribution in [2.24, 2.45) is 0 Å². The van der Waals surface area contributed by atoms with Crippen molar-refractivity contribution in [2.75, 3.05) is 39.9 Å². The molecule has 0 radical (unpaired) electrons. The highest BCUT2D eigenvalue weighted by molar-refractivity contribution is 5.83. The molecule has 5 nitrogen and oxygen atoms in total. The van der Waals surface area contributed by atoms with Crippen LogP contribution >= 0.6 is 0 Å². The molecule has 2 heterocycles. The number of amides is 1. The zero-order chi connectivity index (χ0) is 20.8. The van der Waals surface area contributed by atoms with E-state index in [1.807, 2.05) is 59.5 Å². The van der Waals surface area contributed by atoms with Crippen molar-refractivity contribution in [2.45, 2.75) is 25.0 Å². The normalized spacial score (nSPS) is 22.4. The van der Waals surface area contributed by atoms with Crippen molar-refractivity contribution >= 4 is 5.91 Å². The lowest BCUT2D eigenvalue weighted by atomic mass is 10.0. The Kier molecular flexibility index (Phi) is 6.82. The van der Waals surface area contributed by atoms with E-state index in [0.29, 0.717) is 13.2 Å². The molecule has 2 aliphatic rings. The Hall–Kier alpha value is -2.63. The lowest BCUT2D eigenvalue weighted by molar-refractivity contribution is -0.146. The van der Waals surface area contributed by atoms with Gasteiger partial charge in [-0.3, -0.25) is 4.79 Å². The second kappa shape index (κ2) is 9.92. The van der Waals surface area contributed by atoms with E-state index in [1.165, 1.54) is 18.4 Å². The first-order chi connectivity index (χ1) is 14.8. The molecule has 1 unspecified atom stereocenters. The van der Waals surface area contributed by atoms with Gasteiger partial charge in [0.15, 0.2) is 6.10 Å². The SMILES string of the molecule is COc1ccc(C2OC/C=C\CN([C@H](CN3CCCC3)c3ccccc3)C2=O)cc1. The third-order valence-corrected chi connectivity index (χ3v) is 5.94. The van der Waals surface area contributed by atoms with Gasteiger partial charge in [0, 0.05) is 13.1 Å². The van der Waals surface area contributed by atoms with Crippen molar-refractivity contribution in [1.29, 1.82) is 0 Å². The van der Waals surface area contributed by atoms with Crippen LogP contribution in [0.15, 0.2) is 66.7 Å². The topological polar surface area (TPSA) is 42.0 Å². The van der Waals surface area contributed by atoms with Crippen LogP contribution in [0.3, 0.4) is 0 Å². The molecule has 1 fully saturated rings. The van der Waals surface area contributed by atoms with Crippen LogP contribution in [0.4, 0.5) is 0 Å². The van der Waals surface area contributed by atoms with Crippen LogP contribution in [0, 0.1) is 0 Å². The lowest BCUT2D eigenvalue weighted by Gasteiger charge is -2.37. The van der Waals surface area contributed by atoms with Crippen LogP contribution in [-0.2, 0) is 9.53 Å². The number of ether oxygens (including phenoxy) is 2. The summed E-state index contributed by atoms with van der Waals surface area (Å²) in [5.74, 6) is 0.780. The second-order valence-corrected chi connectivity index (χ2v) is 7.88. The summed E-state index contributed by atoms with van der Waals surface area (Å²) >= 11 is 0. The Morgan fingerprint density at radius 2 is 1.77 bits per heavy atom. The number of benzene rings is 2. The molecule has 1 saturated heterocycles. The van der Waals surface area contributed by atoms with Crippen LogP contribution in [0.5, 0.6) is 5.75 Å². The summed E-state index contributed by atoms with van der Waals surface area (Å²) in [5.41, 5.74) is 2.02. The molecule has 5 heteroatoms. The summed E-state index contributed by atoms with van der Waals surface area (Å²) in [6.45, 7) is 4.05. The quantitative estimate of drug-likeness (QED) is 0.681. The van der Waals surface area contributed by atoms with E-state index in [0.717, 1.165) is 30.9 Å². The second-order valence-electron chi connectivity index (χ2n) is 7.88. The fourth-order valence-electron chi connectivity index (χ4n) is 4.29. The van der Waals surface area contributed by atoms with Gasteiger partial charge in [0.25, 0.3) is 5.91 Å². The van der Waals surface area contributed by atoms with Crippen LogP contribution in [0.25, 0.3) is 0 Å². The first kappa shape index (κ1) is 20.6. The van der Waals surface area contributed by atoms with Gasteiger partial charge in [0.1, 0.15) is 5.75 Å². The van der Waals surface area contributed by atoms with Crippen molar-refractivity contribution in [1.82, 2.24) is 9.80 Å². The average molecular weight is 407 g/mol. The van der Waals surface area contributed by atoms with Gasteiger partial charge in [-0.1, -0.05) is 54.6 Å². The third kappa shape index (κ3) is 4.74. The highest BCUT2D eigenvalue weighted by Gasteiger charge is 2.33. The summed E-state index contributed by atoms with van der Waals surface area (Å²) in [5, 5.41) is 0. The van der Waals surface area contributed by atoms with Gasteiger partial charge in [0.05, 0.1) is 19.8 Å². The van der Waals surface area contributed by atoms with E-state index < -0.39 is 6.10 Å². The van der Waals surface area contributed by atoms with Crippen molar-refractivity contribution in [3.05, 3.63) is 77.9 Å². The van der Waals surface area contributed by atoms with E-state index >= 15 is 0 Å². The van der Waals surface area contributed by atoms with Gasteiger partial charge in [0.2, 0.25) is 0 Å². The maximum atomic E-state index is 13.8. The highest BCUT2D eigenvalue weighted by Crippen LogP contribution is 2.30. The minimum atomic E-state index is -0.620. The van der Waals surface area contributed by atoms with E-state index in [4.69, 9.17) is 9.47 Å². The number of likely N-dealkylation sites (tertiary alicyclic amines) is 1. The number of hydrogen-bond donors (Lipinski definition) is 0. The number of rotatable bonds is 6. The third-order valence-electron chi connectivity index (χ3n) is 5.94. The Morgan fingerprint density at radius 3 is 2.47 bits per heavy atom. The van der Waals surface area contributed by atoms with Gasteiger partial charge in [-0.05, 0) is 49.2 Å². The molecule has 0 aromatic heterocycles. The lowest BCUT2D eigenvalue weighted by Crippen LogP contribution is -2.44. The molecule has 0 bridgehead atoms. The van der Waals surface area contributed by atoms with Crippen molar-refractivity contribution < 1.29 is 14.3 Å². The van der Waals surface area contributed by atoms with Gasteiger partial charge in [-0.15, -0.1) is 0 Å². The minimum absolute atomic E-state index is 0.0103. The van der Waals surface area contributed by atoms with Crippen molar-refractivity contribution in [3.8, 4) is 5.75 Å². The fraction of sp³-hybridized carbons (Fsp3) is 0.400. The predicted octanol–water partition coefficient (Wildman–Crippen LogP) is 3.99. The molecular weight excluding hydrogens is 376 g/mol. The number of carbonyl (C=O) groups is 1. The summed E-state index contributed by atoms with van der Waals surface area (Å²) in [6.07, 6.45) is 5.89. The monoisotopic (exact) mass is 406 g/mol. The molecule has 2 atom stereocenters. The fourth-order valence-corrected chi connectivity index (χ4v) is 4.29. The predicted molar refractivity (Wildman–Crippen MR) is 117 cm³/mol. The first-order valence-corrected chi connectivity index (χ1v) is 10.7. The van der Waals surface area contributed by atoms with Crippen LogP contribution in [-0.4, -0.2) is 55.6 Å².